The summed E-state index contributed by atoms with van der Waals surface area (Å²) >= 11 is 6.37. The van der Waals surface area contributed by atoms with Gasteiger partial charge >= 0.3 is 6.18 Å². The molecule has 1 aromatic carbocycles. The number of allylic oxidation sites excluding steroid dienone is 1. The molecule has 24 heavy (non-hydrogen) atoms. The number of piperidine rings is 1. The van der Waals surface area contributed by atoms with Gasteiger partial charge in [0, 0.05) is 18.2 Å². The number of dihydropyridines is 1. The number of nitrogens with one attached hydrogen (secondary N) is 1. The van der Waals surface area contributed by atoms with E-state index < -0.39 is 11.7 Å². The highest BCUT2D eigenvalue weighted by Gasteiger charge is 2.39. The van der Waals surface area contributed by atoms with Crippen molar-refractivity contribution in [3.8, 4) is 0 Å². The molecule has 2 saturated heterocycles. The molecule has 3 aliphatic heterocycles. The van der Waals surface area contributed by atoms with Gasteiger partial charge in [0.15, 0.2) is 0 Å². The fourth-order valence-corrected chi connectivity index (χ4v) is 4.04. The summed E-state index contributed by atoms with van der Waals surface area (Å²) in [7, 11) is 0. The van der Waals surface area contributed by atoms with Crippen molar-refractivity contribution in [1.29, 1.82) is 0 Å². The lowest BCUT2D eigenvalue weighted by Gasteiger charge is -2.47. The molecular weight excluding hydrogens is 339 g/mol. The summed E-state index contributed by atoms with van der Waals surface area (Å²) in [6.45, 7) is 1.98. The van der Waals surface area contributed by atoms with E-state index in [1.807, 2.05) is 6.08 Å². The number of benzene rings is 1. The molecular formula is C17H17ClF3N3. The zero-order valence-electron chi connectivity index (χ0n) is 12.9. The number of halogens is 4. The Balaban J connectivity index is 1.68. The van der Waals surface area contributed by atoms with Crippen LogP contribution in [0.2, 0.25) is 0 Å². The first-order valence-electron chi connectivity index (χ1n) is 8.05. The number of hydrogen-bond acceptors (Lipinski definition) is 3. The topological polar surface area (TPSA) is 27.6 Å². The highest BCUT2D eigenvalue weighted by molar-refractivity contribution is 6.46. The van der Waals surface area contributed by atoms with Crippen molar-refractivity contribution < 1.29 is 13.2 Å². The summed E-state index contributed by atoms with van der Waals surface area (Å²) in [6, 6.07) is 5.64. The predicted octanol–water partition coefficient (Wildman–Crippen LogP) is 3.39. The van der Waals surface area contributed by atoms with E-state index in [-0.39, 0.29) is 12.2 Å². The minimum atomic E-state index is -4.38. The van der Waals surface area contributed by atoms with Gasteiger partial charge in [-0.3, -0.25) is 15.2 Å². The second kappa shape index (κ2) is 5.86. The van der Waals surface area contributed by atoms with Crippen molar-refractivity contribution in [2.75, 3.05) is 13.1 Å². The Hall–Kier alpha value is -1.37. The molecule has 0 spiro atoms. The molecule has 4 atom stereocenters. The molecule has 0 aromatic heterocycles. The number of nitrogens with zero attached hydrogens (tertiary/aromatic N) is 2. The van der Waals surface area contributed by atoms with Crippen molar-refractivity contribution in [3.63, 3.8) is 0 Å². The molecule has 3 heterocycles. The second-order valence-corrected chi connectivity index (χ2v) is 6.91. The van der Waals surface area contributed by atoms with Crippen LogP contribution in [0.25, 0.3) is 0 Å². The molecule has 3 unspecified atom stereocenters. The predicted molar refractivity (Wildman–Crippen MR) is 87.2 cm³/mol. The van der Waals surface area contributed by atoms with Gasteiger partial charge in [0.05, 0.1) is 22.3 Å². The molecule has 128 valence electrons. The van der Waals surface area contributed by atoms with Crippen molar-refractivity contribution in [2.24, 2.45) is 4.99 Å². The Morgan fingerprint density at radius 1 is 1.29 bits per heavy atom. The van der Waals surface area contributed by atoms with Gasteiger partial charge in [-0.25, -0.2) is 0 Å². The third-order valence-electron chi connectivity index (χ3n) is 4.88. The molecule has 0 saturated carbocycles. The van der Waals surface area contributed by atoms with E-state index in [9.17, 15) is 13.2 Å². The van der Waals surface area contributed by atoms with Crippen LogP contribution in [-0.2, 0) is 6.18 Å². The lowest BCUT2D eigenvalue weighted by Crippen LogP contribution is -2.64. The first-order chi connectivity index (χ1) is 11.4. The van der Waals surface area contributed by atoms with Crippen molar-refractivity contribution in [1.82, 2.24) is 10.2 Å². The number of hydrogen-bond donors (Lipinski definition) is 1. The van der Waals surface area contributed by atoms with Gasteiger partial charge in [0.1, 0.15) is 6.17 Å². The van der Waals surface area contributed by atoms with E-state index in [1.54, 1.807) is 6.07 Å². The Kier molecular flexibility index (Phi) is 3.94. The van der Waals surface area contributed by atoms with Crippen molar-refractivity contribution in [2.45, 2.75) is 37.3 Å². The largest absolute Gasteiger partial charge is 0.416 e. The summed E-state index contributed by atoms with van der Waals surface area (Å²) in [4.78, 5) is 7.01. The number of aliphatic imine (C=N–C) groups is 1. The summed E-state index contributed by atoms with van der Waals surface area (Å²) in [5.74, 6) is 0. The maximum absolute atomic E-state index is 13.0. The third kappa shape index (κ3) is 2.87. The maximum atomic E-state index is 13.0. The lowest BCUT2D eigenvalue weighted by atomic mass is 9.94. The summed E-state index contributed by atoms with van der Waals surface area (Å²) in [6.07, 6.45) is -0.377. The molecule has 4 rings (SSSR count). The molecule has 3 nitrogen and oxygen atoms in total. The van der Waals surface area contributed by atoms with Gasteiger partial charge < -0.3 is 0 Å². The third-order valence-corrected chi connectivity index (χ3v) is 5.18. The van der Waals surface area contributed by atoms with Gasteiger partial charge in [0.2, 0.25) is 0 Å². The quantitative estimate of drug-likeness (QED) is 0.836. The van der Waals surface area contributed by atoms with Crippen LogP contribution in [0.3, 0.4) is 0 Å². The molecule has 2 fully saturated rings. The van der Waals surface area contributed by atoms with Crippen LogP contribution in [0.4, 0.5) is 13.2 Å². The summed E-state index contributed by atoms with van der Waals surface area (Å²) in [5.41, 5.74) is 0.140. The average Bonchev–Trinajstić information content (AvgIpc) is 2.55. The van der Waals surface area contributed by atoms with Crippen molar-refractivity contribution >= 4 is 17.3 Å². The van der Waals surface area contributed by atoms with Crippen LogP contribution < -0.4 is 5.32 Å². The molecule has 1 N–H and O–H groups in total. The van der Waals surface area contributed by atoms with E-state index in [4.69, 9.17) is 11.6 Å². The first kappa shape index (κ1) is 16.1. The van der Waals surface area contributed by atoms with E-state index in [0.717, 1.165) is 38.1 Å². The van der Waals surface area contributed by atoms with E-state index in [0.29, 0.717) is 22.3 Å². The van der Waals surface area contributed by atoms with Crippen LogP contribution in [0.1, 0.15) is 24.0 Å². The molecule has 0 radical (unpaired) electrons. The maximum Gasteiger partial charge on any atom is 0.416 e. The Bertz CT molecular complexity index is 713. The van der Waals surface area contributed by atoms with Gasteiger partial charge in [-0.1, -0.05) is 23.7 Å². The number of piperazine rings is 1. The van der Waals surface area contributed by atoms with Crippen molar-refractivity contribution in [3.05, 3.63) is 46.5 Å². The van der Waals surface area contributed by atoms with Crippen LogP contribution in [0.15, 0.2) is 40.4 Å². The first-order valence-corrected chi connectivity index (χ1v) is 8.43. The van der Waals surface area contributed by atoms with Crippen LogP contribution in [0, 0.1) is 0 Å². The smallest absolute Gasteiger partial charge is 0.292 e. The zero-order valence-corrected chi connectivity index (χ0v) is 13.6. The molecule has 1 aromatic rings. The highest BCUT2D eigenvalue weighted by atomic mass is 35.5. The van der Waals surface area contributed by atoms with Gasteiger partial charge in [-0.2, -0.15) is 13.2 Å². The molecule has 7 heteroatoms. The molecule has 0 aliphatic carbocycles. The molecule has 0 amide bonds. The Morgan fingerprint density at radius 2 is 2.12 bits per heavy atom. The number of rotatable bonds is 1. The molecule has 3 aliphatic rings. The second-order valence-electron chi connectivity index (χ2n) is 6.51. The zero-order chi connectivity index (χ0) is 16.9. The lowest BCUT2D eigenvalue weighted by molar-refractivity contribution is -0.137. The Labute approximate surface area is 143 Å². The minimum Gasteiger partial charge on any atom is -0.292 e. The number of alkyl halides is 3. The molecule has 2 bridgehead atoms. The fourth-order valence-electron chi connectivity index (χ4n) is 3.75. The summed E-state index contributed by atoms with van der Waals surface area (Å²) in [5, 5.41) is 3.92. The summed E-state index contributed by atoms with van der Waals surface area (Å²) < 4.78 is 38.9. The van der Waals surface area contributed by atoms with Gasteiger partial charge in [0.25, 0.3) is 0 Å². The SMILES string of the molecule is FC(F)(F)c1cccc(C2=NC3N[C@H]4CCCN(C4)C3C=C2Cl)c1. The number of fused-ring (bicyclic) bond motifs is 4. The standard InChI is InChI=1S/C17H17ClF3N3/c18-13-8-14-16(22-12-5-2-6-24(14)9-12)23-15(13)10-3-1-4-11(7-10)17(19,20)21/h1,3-4,7-8,12,14,16,22H,2,5-6,9H2/t12-,14?,16?/m0/s1. The average molecular weight is 356 g/mol. The minimum absolute atomic E-state index is 0.0728. The van der Waals surface area contributed by atoms with E-state index in [2.05, 4.69) is 15.2 Å². The van der Waals surface area contributed by atoms with Crippen LogP contribution in [0.5, 0.6) is 0 Å². The normalized spacial score (nSPS) is 32.7. The monoisotopic (exact) mass is 355 g/mol. The Morgan fingerprint density at radius 3 is 2.92 bits per heavy atom. The van der Waals surface area contributed by atoms with Crippen LogP contribution in [-0.4, -0.2) is 42.0 Å². The highest BCUT2D eigenvalue weighted by Crippen LogP contribution is 2.32. The van der Waals surface area contributed by atoms with E-state index >= 15 is 0 Å². The van der Waals surface area contributed by atoms with Crippen LogP contribution >= 0.6 is 11.6 Å². The fraction of sp³-hybridized carbons (Fsp3) is 0.471. The van der Waals surface area contributed by atoms with Gasteiger partial charge in [-0.05, 0) is 37.6 Å². The van der Waals surface area contributed by atoms with E-state index in [1.165, 1.54) is 6.07 Å². The van der Waals surface area contributed by atoms with Gasteiger partial charge in [-0.15, -0.1) is 0 Å².